The van der Waals surface area contributed by atoms with Gasteiger partial charge in [0.25, 0.3) is 0 Å². The number of benzene rings is 2. The third-order valence-corrected chi connectivity index (χ3v) is 6.81. The first-order valence-electron chi connectivity index (χ1n) is 11.5. The highest BCUT2D eigenvalue weighted by molar-refractivity contribution is 6.00. The van der Waals surface area contributed by atoms with Crippen LogP contribution in [0.25, 0.3) is 0 Å². The normalized spacial score (nSPS) is 19.8. The van der Waals surface area contributed by atoms with Crippen molar-refractivity contribution in [1.29, 1.82) is 0 Å². The van der Waals surface area contributed by atoms with Gasteiger partial charge in [0.15, 0.2) is 0 Å². The average Bonchev–Trinajstić information content (AvgIpc) is 3.03. The SMILES string of the molecule is COc1ccc(CN2CCCN(C(=O)C3CC(=O)N(c4cccc(C)c4C)C3)CC2)cc1. The van der Waals surface area contributed by atoms with Gasteiger partial charge in [-0.15, -0.1) is 0 Å². The van der Waals surface area contributed by atoms with Gasteiger partial charge in [0.1, 0.15) is 5.75 Å². The molecule has 1 unspecified atom stereocenters. The number of carbonyl (C=O) groups is 2. The van der Waals surface area contributed by atoms with Gasteiger partial charge in [-0.25, -0.2) is 0 Å². The summed E-state index contributed by atoms with van der Waals surface area (Å²) >= 11 is 0. The summed E-state index contributed by atoms with van der Waals surface area (Å²) < 4.78 is 5.24. The van der Waals surface area contributed by atoms with Crippen LogP contribution in [-0.2, 0) is 16.1 Å². The Bertz CT molecular complexity index is 973. The highest BCUT2D eigenvalue weighted by Gasteiger charge is 2.38. The second kappa shape index (κ2) is 9.74. The summed E-state index contributed by atoms with van der Waals surface area (Å²) in [6.07, 6.45) is 1.25. The van der Waals surface area contributed by atoms with E-state index in [1.54, 1.807) is 12.0 Å². The molecule has 2 aliphatic heterocycles. The third-order valence-electron chi connectivity index (χ3n) is 6.81. The molecule has 170 valence electrons. The van der Waals surface area contributed by atoms with E-state index in [0.29, 0.717) is 19.5 Å². The molecule has 6 heteroatoms. The first kappa shape index (κ1) is 22.3. The molecule has 2 saturated heterocycles. The largest absolute Gasteiger partial charge is 0.497 e. The van der Waals surface area contributed by atoms with E-state index in [1.807, 2.05) is 36.1 Å². The Balaban J connectivity index is 1.35. The molecule has 0 saturated carbocycles. The van der Waals surface area contributed by atoms with Crippen molar-refractivity contribution in [3.63, 3.8) is 0 Å². The highest BCUT2D eigenvalue weighted by Crippen LogP contribution is 2.30. The van der Waals surface area contributed by atoms with Gasteiger partial charge in [0, 0.05) is 51.4 Å². The van der Waals surface area contributed by atoms with E-state index < -0.39 is 0 Å². The van der Waals surface area contributed by atoms with Crippen molar-refractivity contribution in [2.24, 2.45) is 5.92 Å². The number of methoxy groups -OCH3 is 1. The predicted molar refractivity (Wildman–Crippen MR) is 126 cm³/mol. The molecule has 4 rings (SSSR count). The lowest BCUT2D eigenvalue weighted by atomic mass is 10.1. The summed E-state index contributed by atoms with van der Waals surface area (Å²) in [5, 5.41) is 0. The molecule has 0 aliphatic carbocycles. The minimum Gasteiger partial charge on any atom is -0.497 e. The fourth-order valence-electron chi connectivity index (χ4n) is 4.73. The smallest absolute Gasteiger partial charge is 0.228 e. The van der Waals surface area contributed by atoms with Crippen LogP contribution in [-0.4, -0.2) is 61.4 Å². The lowest BCUT2D eigenvalue weighted by Gasteiger charge is -2.25. The lowest BCUT2D eigenvalue weighted by Crippen LogP contribution is -2.40. The topological polar surface area (TPSA) is 53.1 Å². The van der Waals surface area contributed by atoms with E-state index >= 15 is 0 Å². The number of aryl methyl sites for hydroxylation is 1. The van der Waals surface area contributed by atoms with Gasteiger partial charge in [0.05, 0.1) is 13.0 Å². The molecule has 2 aliphatic rings. The second-order valence-corrected chi connectivity index (χ2v) is 8.93. The summed E-state index contributed by atoms with van der Waals surface area (Å²) in [6, 6.07) is 14.2. The predicted octanol–water partition coefficient (Wildman–Crippen LogP) is 3.40. The van der Waals surface area contributed by atoms with Crippen LogP contribution < -0.4 is 9.64 Å². The summed E-state index contributed by atoms with van der Waals surface area (Å²) in [4.78, 5) is 32.2. The summed E-state index contributed by atoms with van der Waals surface area (Å²) in [5.41, 5.74) is 4.45. The number of rotatable bonds is 5. The van der Waals surface area contributed by atoms with Crippen molar-refractivity contribution in [3.05, 3.63) is 59.2 Å². The molecule has 0 spiro atoms. The molecule has 0 radical (unpaired) electrons. The standard InChI is InChI=1S/C26H33N3O3/c1-19-6-4-7-24(20(19)2)29-18-22(16-25(29)30)26(31)28-13-5-12-27(14-15-28)17-21-8-10-23(32-3)11-9-21/h4,6-11,22H,5,12-18H2,1-3H3. The summed E-state index contributed by atoms with van der Waals surface area (Å²) in [7, 11) is 1.68. The zero-order chi connectivity index (χ0) is 22.7. The molecule has 2 aromatic rings. The molecule has 2 aromatic carbocycles. The number of nitrogens with zero attached hydrogens (tertiary/aromatic N) is 3. The first-order valence-corrected chi connectivity index (χ1v) is 11.5. The van der Waals surface area contributed by atoms with E-state index in [2.05, 4.69) is 30.0 Å². The first-order chi connectivity index (χ1) is 15.5. The van der Waals surface area contributed by atoms with Gasteiger partial charge in [-0.3, -0.25) is 14.5 Å². The molecule has 32 heavy (non-hydrogen) atoms. The average molecular weight is 436 g/mol. The fourth-order valence-corrected chi connectivity index (χ4v) is 4.73. The van der Waals surface area contributed by atoms with Crippen LogP contribution in [0.5, 0.6) is 5.75 Å². The fraction of sp³-hybridized carbons (Fsp3) is 0.462. The molecule has 1 atom stereocenters. The lowest BCUT2D eigenvalue weighted by molar-refractivity contribution is -0.135. The van der Waals surface area contributed by atoms with Crippen LogP contribution in [0.15, 0.2) is 42.5 Å². The number of ether oxygens (including phenoxy) is 1. The van der Waals surface area contributed by atoms with Crippen LogP contribution >= 0.6 is 0 Å². The number of amides is 2. The molecule has 0 bridgehead atoms. The van der Waals surface area contributed by atoms with E-state index in [1.165, 1.54) is 5.56 Å². The maximum absolute atomic E-state index is 13.3. The van der Waals surface area contributed by atoms with Gasteiger partial charge < -0.3 is 14.5 Å². The Kier molecular flexibility index (Phi) is 6.80. The van der Waals surface area contributed by atoms with Crippen LogP contribution in [0.4, 0.5) is 5.69 Å². The molecule has 2 amide bonds. The van der Waals surface area contributed by atoms with Gasteiger partial charge in [-0.05, 0) is 55.2 Å². The highest BCUT2D eigenvalue weighted by atomic mass is 16.5. The maximum Gasteiger partial charge on any atom is 0.228 e. The van der Waals surface area contributed by atoms with Crippen LogP contribution in [0.3, 0.4) is 0 Å². The number of hydrogen-bond donors (Lipinski definition) is 0. The van der Waals surface area contributed by atoms with Crippen molar-refractivity contribution >= 4 is 17.5 Å². The molecule has 2 fully saturated rings. The van der Waals surface area contributed by atoms with E-state index in [-0.39, 0.29) is 17.7 Å². The Morgan fingerprint density at radius 2 is 1.81 bits per heavy atom. The summed E-state index contributed by atoms with van der Waals surface area (Å²) in [6.45, 7) is 8.72. The second-order valence-electron chi connectivity index (χ2n) is 8.93. The van der Waals surface area contributed by atoms with Crippen molar-refractivity contribution < 1.29 is 14.3 Å². The quantitative estimate of drug-likeness (QED) is 0.722. The van der Waals surface area contributed by atoms with Crippen LogP contribution in [0.1, 0.15) is 29.5 Å². The van der Waals surface area contributed by atoms with Crippen molar-refractivity contribution in [2.45, 2.75) is 33.2 Å². The van der Waals surface area contributed by atoms with Crippen molar-refractivity contribution in [2.75, 3.05) is 44.7 Å². The van der Waals surface area contributed by atoms with E-state index in [9.17, 15) is 9.59 Å². The number of hydrogen-bond acceptors (Lipinski definition) is 4. The van der Waals surface area contributed by atoms with Gasteiger partial charge in [-0.2, -0.15) is 0 Å². The molecule has 6 nitrogen and oxygen atoms in total. The monoisotopic (exact) mass is 435 g/mol. The third kappa shape index (κ3) is 4.80. The van der Waals surface area contributed by atoms with Crippen LogP contribution in [0.2, 0.25) is 0 Å². The van der Waals surface area contributed by atoms with Gasteiger partial charge in [0.2, 0.25) is 11.8 Å². The molecular weight excluding hydrogens is 402 g/mol. The Hall–Kier alpha value is -2.86. The maximum atomic E-state index is 13.3. The molecule has 2 heterocycles. The minimum atomic E-state index is -0.254. The Labute approximate surface area is 190 Å². The molecule has 0 N–H and O–H groups in total. The molecule has 0 aromatic heterocycles. The molecular formula is C26H33N3O3. The zero-order valence-electron chi connectivity index (χ0n) is 19.3. The van der Waals surface area contributed by atoms with Crippen molar-refractivity contribution in [1.82, 2.24) is 9.80 Å². The number of carbonyl (C=O) groups excluding carboxylic acids is 2. The van der Waals surface area contributed by atoms with E-state index in [0.717, 1.165) is 55.2 Å². The van der Waals surface area contributed by atoms with Crippen LogP contribution in [0, 0.1) is 19.8 Å². The number of anilines is 1. The van der Waals surface area contributed by atoms with E-state index in [4.69, 9.17) is 4.74 Å². The summed E-state index contributed by atoms with van der Waals surface area (Å²) in [5.74, 6) is 0.781. The Morgan fingerprint density at radius 1 is 1.03 bits per heavy atom. The zero-order valence-corrected chi connectivity index (χ0v) is 19.3. The van der Waals surface area contributed by atoms with Crippen molar-refractivity contribution in [3.8, 4) is 5.75 Å². The minimum absolute atomic E-state index is 0.0491. The van der Waals surface area contributed by atoms with Gasteiger partial charge >= 0.3 is 0 Å². The Morgan fingerprint density at radius 3 is 2.56 bits per heavy atom. The van der Waals surface area contributed by atoms with Gasteiger partial charge in [-0.1, -0.05) is 24.3 Å².